The molecule has 4 atom stereocenters. The van der Waals surface area contributed by atoms with E-state index in [1.807, 2.05) is 0 Å². The standard InChI is InChI=1S/C16H26F3N/c1-11-6-12(2)8-13(7-11)10-20-15-5-3-4-14(9-15)16(17,18)19/h6,11,13-15,20H,3-5,7-10H2,1-2H3. The summed E-state index contributed by atoms with van der Waals surface area (Å²) >= 11 is 0. The smallest absolute Gasteiger partial charge is 0.314 e. The van der Waals surface area contributed by atoms with Crippen LogP contribution in [0.15, 0.2) is 11.6 Å². The molecule has 0 aromatic rings. The van der Waals surface area contributed by atoms with Gasteiger partial charge >= 0.3 is 6.18 Å². The van der Waals surface area contributed by atoms with Crippen LogP contribution < -0.4 is 5.32 Å². The van der Waals surface area contributed by atoms with Gasteiger partial charge in [0.25, 0.3) is 0 Å². The van der Waals surface area contributed by atoms with Gasteiger partial charge in [0.1, 0.15) is 0 Å². The van der Waals surface area contributed by atoms with Gasteiger partial charge < -0.3 is 5.32 Å². The Balaban J connectivity index is 1.78. The fourth-order valence-electron chi connectivity index (χ4n) is 3.85. The largest absolute Gasteiger partial charge is 0.391 e. The van der Waals surface area contributed by atoms with E-state index < -0.39 is 12.1 Å². The molecule has 1 fully saturated rings. The summed E-state index contributed by atoms with van der Waals surface area (Å²) in [5, 5.41) is 3.41. The average Bonchev–Trinajstić information content (AvgIpc) is 2.35. The second-order valence-electron chi connectivity index (χ2n) is 6.81. The van der Waals surface area contributed by atoms with Gasteiger partial charge in [0, 0.05) is 6.04 Å². The van der Waals surface area contributed by atoms with Crippen molar-refractivity contribution in [3.63, 3.8) is 0 Å². The molecule has 4 unspecified atom stereocenters. The number of hydrogen-bond donors (Lipinski definition) is 1. The SMILES string of the molecule is CC1=CC(C)CC(CNC2CCCC(C(F)(F)F)C2)C1. The quantitative estimate of drug-likeness (QED) is 0.743. The predicted molar refractivity (Wildman–Crippen MR) is 75.4 cm³/mol. The zero-order valence-corrected chi connectivity index (χ0v) is 12.5. The fraction of sp³-hybridized carbons (Fsp3) is 0.875. The Kier molecular flexibility index (Phi) is 5.16. The average molecular weight is 289 g/mol. The minimum Gasteiger partial charge on any atom is -0.314 e. The van der Waals surface area contributed by atoms with E-state index in [1.54, 1.807) is 0 Å². The maximum atomic E-state index is 12.8. The van der Waals surface area contributed by atoms with Crippen LogP contribution >= 0.6 is 0 Å². The number of halogens is 3. The maximum Gasteiger partial charge on any atom is 0.391 e. The van der Waals surface area contributed by atoms with E-state index in [4.69, 9.17) is 0 Å². The Morgan fingerprint density at radius 2 is 2.00 bits per heavy atom. The number of alkyl halides is 3. The van der Waals surface area contributed by atoms with Crippen molar-refractivity contribution in [1.29, 1.82) is 0 Å². The minimum atomic E-state index is -4.01. The molecule has 116 valence electrons. The van der Waals surface area contributed by atoms with Crippen LogP contribution in [0.25, 0.3) is 0 Å². The van der Waals surface area contributed by atoms with Crippen molar-refractivity contribution in [2.75, 3.05) is 6.54 Å². The van der Waals surface area contributed by atoms with Gasteiger partial charge in [0.2, 0.25) is 0 Å². The van der Waals surface area contributed by atoms with Crippen LogP contribution in [0.1, 0.15) is 52.4 Å². The van der Waals surface area contributed by atoms with E-state index in [1.165, 1.54) is 5.57 Å². The predicted octanol–water partition coefficient (Wildman–Crippen LogP) is 4.69. The molecule has 1 saturated carbocycles. The van der Waals surface area contributed by atoms with Gasteiger partial charge in [0.15, 0.2) is 0 Å². The first-order valence-corrected chi connectivity index (χ1v) is 7.82. The lowest BCUT2D eigenvalue weighted by molar-refractivity contribution is -0.183. The van der Waals surface area contributed by atoms with Crippen molar-refractivity contribution >= 4 is 0 Å². The van der Waals surface area contributed by atoms with Gasteiger partial charge in [-0.25, -0.2) is 0 Å². The Labute approximate surface area is 120 Å². The van der Waals surface area contributed by atoms with Crippen LogP contribution in [-0.2, 0) is 0 Å². The van der Waals surface area contributed by atoms with E-state index in [-0.39, 0.29) is 12.5 Å². The van der Waals surface area contributed by atoms with Crippen molar-refractivity contribution in [3.8, 4) is 0 Å². The molecule has 2 aliphatic carbocycles. The highest BCUT2D eigenvalue weighted by Crippen LogP contribution is 2.37. The summed E-state index contributed by atoms with van der Waals surface area (Å²) in [6.45, 7) is 5.24. The maximum absolute atomic E-state index is 12.8. The molecule has 2 aliphatic rings. The third kappa shape index (κ3) is 4.51. The number of hydrogen-bond acceptors (Lipinski definition) is 1. The normalized spacial score (nSPS) is 35.8. The van der Waals surface area contributed by atoms with E-state index in [0.29, 0.717) is 24.7 Å². The molecule has 0 aliphatic heterocycles. The highest BCUT2D eigenvalue weighted by atomic mass is 19.4. The van der Waals surface area contributed by atoms with Gasteiger partial charge in [-0.15, -0.1) is 0 Å². The van der Waals surface area contributed by atoms with E-state index in [2.05, 4.69) is 25.2 Å². The zero-order valence-electron chi connectivity index (χ0n) is 12.5. The summed E-state index contributed by atoms with van der Waals surface area (Å²) in [5.41, 5.74) is 1.42. The molecule has 0 heterocycles. The van der Waals surface area contributed by atoms with Crippen LogP contribution in [0, 0.1) is 17.8 Å². The van der Waals surface area contributed by atoms with Crippen LogP contribution in [0.4, 0.5) is 13.2 Å². The van der Waals surface area contributed by atoms with E-state index in [9.17, 15) is 13.2 Å². The van der Waals surface area contributed by atoms with Crippen LogP contribution in [0.2, 0.25) is 0 Å². The van der Waals surface area contributed by atoms with Crippen LogP contribution in [-0.4, -0.2) is 18.8 Å². The molecular formula is C16H26F3N. The molecule has 0 bridgehead atoms. The van der Waals surface area contributed by atoms with Crippen molar-refractivity contribution < 1.29 is 13.2 Å². The summed E-state index contributed by atoms with van der Waals surface area (Å²) in [6.07, 6.45) is 2.71. The molecule has 0 spiro atoms. The highest BCUT2D eigenvalue weighted by molar-refractivity contribution is 5.06. The summed E-state index contributed by atoms with van der Waals surface area (Å²) in [5.74, 6) is 0.0896. The molecule has 20 heavy (non-hydrogen) atoms. The van der Waals surface area contributed by atoms with E-state index >= 15 is 0 Å². The first-order chi connectivity index (χ1) is 9.34. The van der Waals surface area contributed by atoms with Crippen molar-refractivity contribution in [1.82, 2.24) is 5.32 Å². The van der Waals surface area contributed by atoms with Gasteiger partial charge in [-0.2, -0.15) is 13.2 Å². The zero-order chi connectivity index (χ0) is 14.8. The molecule has 1 N–H and O–H groups in total. The first-order valence-electron chi connectivity index (χ1n) is 7.82. The topological polar surface area (TPSA) is 12.0 Å². The summed E-state index contributed by atoms with van der Waals surface area (Å²) < 4.78 is 38.3. The van der Waals surface area contributed by atoms with Crippen molar-refractivity contribution in [2.45, 2.75) is 64.6 Å². The number of allylic oxidation sites excluding steroid dienone is 2. The Morgan fingerprint density at radius 3 is 2.65 bits per heavy atom. The number of nitrogens with one attached hydrogen (secondary N) is 1. The molecule has 0 aromatic heterocycles. The molecule has 0 radical (unpaired) electrons. The third-order valence-electron chi connectivity index (χ3n) is 4.72. The first kappa shape index (κ1) is 15.9. The second-order valence-corrected chi connectivity index (χ2v) is 6.81. The molecule has 0 saturated heterocycles. The number of rotatable bonds is 3. The Morgan fingerprint density at radius 1 is 1.25 bits per heavy atom. The minimum absolute atomic E-state index is 0.0527. The summed E-state index contributed by atoms with van der Waals surface area (Å²) in [4.78, 5) is 0. The van der Waals surface area contributed by atoms with Gasteiger partial charge in [-0.05, 0) is 57.4 Å². The molecule has 1 nitrogen and oxygen atoms in total. The molecule has 2 rings (SSSR count). The van der Waals surface area contributed by atoms with Crippen molar-refractivity contribution in [2.24, 2.45) is 17.8 Å². The Hall–Kier alpha value is -0.510. The summed E-state index contributed by atoms with van der Waals surface area (Å²) in [7, 11) is 0. The lowest BCUT2D eigenvalue weighted by atomic mass is 9.82. The van der Waals surface area contributed by atoms with Gasteiger partial charge in [0.05, 0.1) is 5.92 Å². The fourth-order valence-corrected chi connectivity index (χ4v) is 3.85. The molecule has 4 heteroatoms. The van der Waals surface area contributed by atoms with Gasteiger partial charge in [-0.3, -0.25) is 0 Å². The monoisotopic (exact) mass is 289 g/mol. The molecule has 0 amide bonds. The van der Waals surface area contributed by atoms with Crippen LogP contribution in [0.3, 0.4) is 0 Å². The lowest BCUT2D eigenvalue weighted by Gasteiger charge is -2.33. The molecular weight excluding hydrogens is 263 g/mol. The van der Waals surface area contributed by atoms with E-state index in [0.717, 1.165) is 25.8 Å². The van der Waals surface area contributed by atoms with Crippen molar-refractivity contribution in [3.05, 3.63) is 11.6 Å². The molecule has 0 aromatic carbocycles. The second kappa shape index (κ2) is 6.50. The Bertz CT molecular complexity index is 348. The summed E-state index contributed by atoms with van der Waals surface area (Å²) in [6, 6.07) is 0.0527. The van der Waals surface area contributed by atoms with Crippen LogP contribution in [0.5, 0.6) is 0 Å². The van der Waals surface area contributed by atoms with Gasteiger partial charge in [-0.1, -0.05) is 25.0 Å². The highest BCUT2D eigenvalue weighted by Gasteiger charge is 2.42. The lowest BCUT2D eigenvalue weighted by Crippen LogP contribution is -2.41. The third-order valence-corrected chi connectivity index (χ3v) is 4.72.